The summed E-state index contributed by atoms with van der Waals surface area (Å²) in [6.07, 6.45) is 2.23. The van der Waals surface area contributed by atoms with Crippen molar-refractivity contribution >= 4 is 39.6 Å². The first-order valence-corrected chi connectivity index (χ1v) is 9.83. The number of hydrogen-bond acceptors (Lipinski definition) is 8. The summed E-state index contributed by atoms with van der Waals surface area (Å²) in [5.41, 5.74) is -0.275. The molecule has 2 aromatic heterocycles. The first-order chi connectivity index (χ1) is 13.4. The number of carbonyl (C=O) groups excluding carboxylic acids is 1. The number of nitrogens with zero attached hydrogens (tertiary/aromatic N) is 3. The highest BCUT2D eigenvalue weighted by Gasteiger charge is 2.30. The van der Waals surface area contributed by atoms with E-state index >= 15 is 0 Å². The predicted octanol–water partition coefficient (Wildman–Crippen LogP) is 2.59. The van der Waals surface area contributed by atoms with Gasteiger partial charge >= 0.3 is 0 Å². The van der Waals surface area contributed by atoms with Crippen molar-refractivity contribution in [2.24, 2.45) is 4.40 Å². The van der Waals surface area contributed by atoms with Crippen molar-refractivity contribution in [2.75, 3.05) is 5.32 Å². The molecule has 4 N–H and O–H groups in total. The molecule has 4 rings (SSSR count). The van der Waals surface area contributed by atoms with Crippen molar-refractivity contribution in [3.05, 3.63) is 58.5 Å². The number of amidine groups is 1. The molecule has 9 nitrogen and oxygen atoms in total. The van der Waals surface area contributed by atoms with Gasteiger partial charge in [-0.1, -0.05) is 22.9 Å². The fourth-order valence-electron chi connectivity index (χ4n) is 3.11. The van der Waals surface area contributed by atoms with Gasteiger partial charge in [-0.2, -0.15) is 0 Å². The minimum atomic E-state index is -3.56. The number of aryl methyl sites for hydroxylation is 1. The topological polar surface area (TPSA) is 137 Å². The molecule has 1 aromatic carbocycles. The molecule has 0 atom stereocenters. The number of pyridine rings is 2. The molecule has 0 spiro atoms. The van der Waals surface area contributed by atoms with Crippen LogP contribution in [0.4, 0.5) is 5.69 Å². The summed E-state index contributed by atoms with van der Waals surface area (Å²) in [5, 5.41) is 13.9. The molecule has 0 aliphatic carbocycles. The first kappa shape index (κ1) is 18.2. The van der Waals surface area contributed by atoms with Gasteiger partial charge in [-0.15, -0.1) is 4.40 Å². The van der Waals surface area contributed by atoms with Crippen LogP contribution in [0, 0.1) is 0 Å². The summed E-state index contributed by atoms with van der Waals surface area (Å²) in [6, 6.07) is 9.64. The lowest BCUT2D eigenvalue weighted by Gasteiger charge is -2.34. The Kier molecular flexibility index (Phi) is 4.38. The van der Waals surface area contributed by atoms with Gasteiger partial charge in [0.15, 0.2) is 5.84 Å². The molecule has 0 saturated carbocycles. The summed E-state index contributed by atoms with van der Waals surface area (Å²) < 4.78 is 26.0. The number of para-hydroxylation sites is 1. The minimum absolute atomic E-state index is 0.0588. The number of nitrogens with one attached hydrogen (secondary N) is 1. The Morgan fingerprint density at radius 1 is 1.18 bits per heavy atom. The number of carbonyl (C=O) groups is 1. The molecule has 1 aliphatic rings. The van der Waals surface area contributed by atoms with Gasteiger partial charge in [-0.05, 0) is 24.3 Å². The molecule has 3 heterocycles. The fraction of sp³-hybridized carbons (Fsp3) is 0.111. The van der Waals surface area contributed by atoms with Crippen molar-refractivity contribution in [3.63, 3.8) is 0 Å². The molecule has 0 saturated heterocycles. The normalized spacial score (nSPS) is 16.0. The van der Waals surface area contributed by atoms with Gasteiger partial charge in [0.2, 0.25) is 0 Å². The Bertz CT molecular complexity index is 1190. The largest absolute Gasteiger partial charge is 0.506 e. The van der Waals surface area contributed by atoms with Crippen molar-refractivity contribution in [2.45, 2.75) is 17.9 Å². The number of rotatable bonds is 4. The predicted molar refractivity (Wildman–Crippen MR) is 106 cm³/mol. The monoisotopic (exact) mass is 400 g/mol. The Hall–Kier alpha value is -3.21. The third kappa shape index (κ3) is 2.83. The molecule has 1 aliphatic heterocycles. The Labute approximate surface area is 160 Å². The molecule has 0 radical (unpaired) electrons. The Morgan fingerprint density at radius 3 is 2.75 bits per heavy atom. The summed E-state index contributed by atoms with van der Waals surface area (Å²) in [4.78, 5) is 28.3. The van der Waals surface area contributed by atoms with Gasteiger partial charge in [0, 0.05) is 19.2 Å². The van der Waals surface area contributed by atoms with E-state index in [4.69, 9.17) is 0 Å². The first-order valence-electron chi connectivity index (χ1n) is 8.33. The van der Waals surface area contributed by atoms with E-state index in [9.17, 15) is 23.8 Å². The number of fused-ring (bicyclic) bond motifs is 2. The molecule has 0 bridgehead atoms. The smallest absolute Gasteiger partial charge is 0.267 e. The van der Waals surface area contributed by atoms with Crippen LogP contribution >= 0.6 is 10.8 Å². The number of benzene rings is 1. The maximum Gasteiger partial charge on any atom is 0.267 e. The molecular weight excluding hydrogens is 384 g/mol. The van der Waals surface area contributed by atoms with Crippen molar-refractivity contribution in [1.29, 1.82) is 0 Å². The van der Waals surface area contributed by atoms with Crippen LogP contribution in [-0.4, -0.2) is 35.9 Å². The molecule has 10 heteroatoms. The summed E-state index contributed by atoms with van der Waals surface area (Å²) in [6.45, 7) is 0.0588. The third-order valence-electron chi connectivity index (χ3n) is 4.35. The second-order valence-corrected chi connectivity index (χ2v) is 7.75. The van der Waals surface area contributed by atoms with Crippen LogP contribution in [0.5, 0.6) is 5.75 Å². The highest BCUT2D eigenvalue weighted by atomic mass is 32.3. The van der Waals surface area contributed by atoms with Crippen LogP contribution < -0.4 is 10.9 Å². The van der Waals surface area contributed by atoms with E-state index in [0.29, 0.717) is 12.0 Å². The average Bonchev–Trinajstić information content (AvgIpc) is 2.68. The molecule has 0 unspecified atom stereocenters. The van der Waals surface area contributed by atoms with Crippen molar-refractivity contribution in [3.8, 4) is 5.75 Å². The van der Waals surface area contributed by atoms with Gasteiger partial charge < -0.3 is 15.2 Å². The molecule has 3 aromatic rings. The van der Waals surface area contributed by atoms with Crippen LogP contribution in [0.1, 0.15) is 12.0 Å². The molecule has 0 amide bonds. The molecule has 0 fully saturated rings. The Morgan fingerprint density at radius 2 is 1.96 bits per heavy atom. The highest BCUT2D eigenvalue weighted by Crippen LogP contribution is 2.55. The van der Waals surface area contributed by atoms with Gasteiger partial charge in [0.1, 0.15) is 28.1 Å². The number of aromatic hydroxyl groups is 1. The lowest BCUT2D eigenvalue weighted by molar-refractivity contribution is -0.108. The van der Waals surface area contributed by atoms with Crippen molar-refractivity contribution < 1.29 is 19.0 Å². The van der Waals surface area contributed by atoms with E-state index in [1.54, 1.807) is 30.3 Å². The summed E-state index contributed by atoms with van der Waals surface area (Å²) in [5.74, 6) is -0.539. The second-order valence-electron chi connectivity index (χ2n) is 6.09. The number of aldehydes is 1. The van der Waals surface area contributed by atoms with Crippen LogP contribution in [0.15, 0.2) is 56.7 Å². The SMILES string of the molecule is O=CCCn1c(=O)c(C2=NS(O)(O)c3ccccc3N2)c(O)c2cccnc21. The standard InChI is InChI=1S/C18H16N4O5S/c23-10-4-9-22-17-11(5-3-8-19-17)15(24)14(18(22)25)16-20-12-6-1-2-7-13(12)28(26,27)21-16/h1-3,5-8,10,24,26-27H,4,9H2,(H,20,21). The summed E-state index contributed by atoms with van der Waals surface area (Å²) >= 11 is 0. The second kappa shape index (κ2) is 6.75. The van der Waals surface area contributed by atoms with E-state index < -0.39 is 16.3 Å². The van der Waals surface area contributed by atoms with Crippen LogP contribution in [-0.2, 0) is 11.3 Å². The highest BCUT2D eigenvalue weighted by molar-refractivity contribution is 8.23. The quantitative estimate of drug-likeness (QED) is 0.494. The van der Waals surface area contributed by atoms with E-state index in [2.05, 4.69) is 14.7 Å². The van der Waals surface area contributed by atoms with E-state index in [-0.39, 0.29) is 46.0 Å². The minimum Gasteiger partial charge on any atom is -0.506 e. The van der Waals surface area contributed by atoms with Gasteiger partial charge in [0.05, 0.1) is 11.1 Å². The zero-order valence-corrected chi connectivity index (χ0v) is 15.3. The maximum absolute atomic E-state index is 13.1. The molecular formula is C18H16N4O5S. The summed E-state index contributed by atoms with van der Waals surface area (Å²) in [7, 11) is -3.56. The van der Waals surface area contributed by atoms with E-state index in [1.807, 2.05) is 0 Å². The molecule has 28 heavy (non-hydrogen) atoms. The van der Waals surface area contributed by atoms with Crippen molar-refractivity contribution in [1.82, 2.24) is 9.55 Å². The van der Waals surface area contributed by atoms with Gasteiger partial charge in [-0.25, -0.2) is 4.98 Å². The number of anilines is 1. The third-order valence-corrected chi connectivity index (χ3v) is 5.74. The Balaban J connectivity index is 1.98. The lowest BCUT2D eigenvalue weighted by Crippen LogP contribution is -2.32. The number of hydrogen-bond donors (Lipinski definition) is 4. The lowest BCUT2D eigenvalue weighted by atomic mass is 10.1. The zero-order chi connectivity index (χ0) is 19.9. The fourth-order valence-corrected chi connectivity index (χ4v) is 4.28. The van der Waals surface area contributed by atoms with E-state index in [0.717, 1.165) is 0 Å². The number of aromatic nitrogens is 2. The van der Waals surface area contributed by atoms with Crippen LogP contribution in [0.25, 0.3) is 11.0 Å². The average molecular weight is 400 g/mol. The zero-order valence-electron chi connectivity index (χ0n) is 14.4. The molecule has 144 valence electrons. The van der Waals surface area contributed by atoms with E-state index in [1.165, 1.54) is 16.8 Å². The van der Waals surface area contributed by atoms with Crippen LogP contribution in [0.2, 0.25) is 0 Å². The van der Waals surface area contributed by atoms with Gasteiger partial charge in [0.25, 0.3) is 5.56 Å². The van der Waals surface area contributed by atoms with Crippen LogP contribution in [0.3, 0.4) is 0 Å². The van der Waals surface area contributed by atoms with Gasteiger partial charge in [-0.3, -0.25) is 18.5 Å². The maximum atomic E-state index is 13.1.